The van der Waals surface area contributed by atoms with Gasteiger partial charge in [0, 0.05) is 25.2 Å². The number of hydrogen-bond acceptors (Lipinski definition) is 2. The molecule has 0 bridgehead atoms. The average molecular weight is 136 g/mol. The first-order valence-corrected chi connectivity index (χ1v) is 3.10. The predicted octanol–water partition coefficient (Wildman–Crippen LogP) is 0.646. The van der Waals surface area contributed by atoms with Crippen molar-refractivity contribution >= 4 is 5.91 Å². The molecule has 0 saturated heterocycles. The van der Waals surface area contributed by atoms with Crippen LogP contribution in [0.25, 0.3) is 0 Å². The fourth-order valence-electron chi connectivity index (χ4n) is 0.873. The lowest BCUT2D eigenvalue weighted by atomic mass is 10.1. The Morgan fingerprint density at radius 1 is 1.70 bits per heavy atom. The summed E-state index contributed by atoms with van der Waals surface area (Å²) >= 11 is 0. The molecular weight excluding hydrogens is 128 g/mol. The smallest absolute Gasteiger partial charge is 0.226 e. The number of rotatable bonds is 0. The first kappa shape index (κ1) is 6.81. The molecule has 0 aliphatic carbocycles. The summed E-state index contributed by atoms with van der Waals surface area (Å²) in [6.45, 7) is 0. The molecule has 1 aliphatic heterocycles. The van der Waals surface area contributed by atoms with Crippen molar-refractivity contribution in [1.29, 1.82) is 5.26 Å². The molecule has 1 amide bonds. The lowest BCUT2D eigenvalue weighted by Gasteiger charge is -2.16. The van der Waals surface area contributed by atoms with E-state index in [1.165, 1.54) is 4.90 Å². The SMILES string of the molecule is CN1C=C(C#N)CCC1=O. The van der Waals surface area contributed by atoms with Gasteiger partial charge in [-0.3, -0.25) is 4.79 Å². The molecule has 1 rings (SSSR count). The second-order valence-corrected chi connectivity index (χ2v) is 2.27. The van der Waals surface area contributed by atoms with Crippen LogP contribution in [0.4, 0.5) is 0 Å². The molecular formula is C7H8N2O. The highest BCUT2D eigenvalue weighted by Crippen LogP contribution is 2.12. The molecule has 0 fully saturated rings. The van der Waals surface area contributed by atoms with E-state index in [4.69, 9.17) is 5.26 Å². The maximum atomic E-state index is 10.8. The molecule has 3 heteroatoms. The summed E-state index contributed by atoms with van der Waals surface area (Å²) in [5.74, 6) is 0.0824. The maximum absolute atomic E-state index is 10.8. The molecule has 0 atom stereocenters. The Morgan fingerprint density at radius 3 is 2.90 bits per heavy atom. The molecule has 10 heavy (non-hydrogen) atoms. The van der Waals surface area contributed by atoms with Crippen LogP contribution in [0.1, 0.15) is 12.8 Å². The Balaban J connectivity index is 2.77. The van der Waals surface area contributed by atoms with Crippen molar-refractivity contribution in [2.24, 2.45) is 0 Å². The summed E-state index contributed by atoms with van der Waals surface area (Å²) in [6, 6.07) is 2.02. The van der Waals surface area contributed by atoms with Gasteiger partial charge in [-0.15, -0.1) is 0 Å². The number of amides is 1. The van der Waals surface area contributed by atoms with E-state index in [1.54, 1.807) is 13.2 Å². The van der Waals surface area contributed by atoms with Gasteiger partial charge in [0.05, 0.1) is 6.07 Å². The van der Waals surface area contributed by atoms with Crippen LogP contribution >= 0.6 is 0 Å². The van der Waals surface area contributed by atoms with Crippen LogP contribution < -0.4 is 0 Å². The summed E-state index contributed by atoms with van der Waals surface area (Å²) in [4.78, 5) is 12.3. The minimum absolute atomic E-state index is 0.0824. The monoisotopic (exact) mass is 136 g/mol. The molecule has 0 unspecified atom stereocenters. The minimum atomic E-state index is 0.0824. The van der Waals surface area contributed by atoms with Gasteiger partial charge in [-0.05, 0) is 6.42 Å². The Hall–Kier alpha value is -1.30. The second kappa shape index (κ2) is 2.53. The normalized spacial score (nSPS) is 18.2. The van der Waals surface area contributed by atoms with Gasteiger partial charge in [0.15, 0.2) is 0 Å². The molecule has 0 radical (unpaired) electrons. The molecule has 52 valence electrons. The van der Waals surface area contributed by atoms with E-state index in [1.807, 2.05) is 6.07 Å². The van der Waals surface area contributed by atoms with Gasteiger partial charge < -0.3 is 4.90 Å². The third-order valence-corrected chi connectivity index (χ3v) is 1.49. The van der Waals surface area contributed by atoms with Crippen LogP contribution in [0.5, 0.6) is 0 Å². The van der Waals surface area contributed by atoms with Crippen molar-refractivity contribution in [2.75, 3.05) is 7.05 Å². The Kier molecular flexibility index (Phi) is 1.72. The van der Waals surface area contributed by atoms with Crippen LogP contribution in [0.15, 0.2) is 11.8 Å². The molecule has 0 aromatic rings. The lowest BCUT2D eigenvalue weighted by Crippen LogP contribution is -2.24. The zero-order chi connectivity index (χ0) is 7.56. The zero-order valence-electron chi connectivity index (χ0n) is 5.79. The predicted molar refractivity (Wildman–Crippen MR) is 35.7 cm³/mol. The van der Waals surface area contributed by atoms with Crippen LogP contribution in [0, 0.1) is 11.3 Å². The molecule has 0 N–H and O–H groups in total. The number of allylic oxidation sites excluding steroid dienone is 1. The average Bonchev–Trinajstić information content (AvgIpc) is 1.95. The van der Waals surface area contributed by atoms with Crippen LogP contribution in [0.3, 0.4) is 0 Å². The van der Waals surface area contributed by atoms with Gasteiger partial charge in [-0.25, -0.2) is 0 Å². The van der Waals surface area contributed by atoms with Crippen molar-refractivity contribution < 1.29 is 4.79 Å². The molecule has 0 spiro atoms. The molecule has 0 saturated carbocycles. The number of nitriles is 1. The van der Waals surface area contributed by atoms with Crippen molar-refractivity contribution in [3.63, 3.8) is 0 Å². The molecule has 1 aliphatic rings. The topological polar surface area (TPSA) is 44.1 Å². The lowest BCUT2D eigenvalue weighted by molar-refractivity contribution is -0.128. The van der Waals surface area contributed by atoms with Crippen molar-refractivity contribution in [1.82, 2.24) is 4.90 Å². The van der Waals surface area contributed by atoms with E-state index in [0.29, 0.717) is 18.4 Å². The second-order valence-electron chi connectivity index (χ2n) is 2.27. The Bertz CT molecular complexity index is 224. The van der Waals surface area contributed by atoms with Crippen molar-refractivity contribution in [3.8, 4) is 6.07 Å². The highest BCUT2D eigenvalue weighted by Gasteiger charge is 2.13. The quantitative estimate of drug-likeness (QED) is 0.490. The molecule has 0 aromatic carbocycles. The summed E-state index contributed by atoms with van der Waals surface area (Å²) in [5.41, 5.74) is 0.683. The van der Waals surface area contributed by atoms with Crippen LogP contribution in [0.2, 0.25) is 0 Å². The van der Waals surface area contributed by atoms with E-state index in [2.05, 4.69) is 0 Å². The maximum Gasteiger partial charge on any atom is 0.226 e. The van der Waals surface area contributed by atoms with Gasteiger partial charge in [0.25, 0.3) is 0 Å². The fourth-order valence-corrected chi connectivity index (χ4v) is 0.873. The number of nitrogens with zero attached hydrogens (tertiary/aromatic N) is 2. The minimum Gasteiger partial charge on any atom is -0.321 e. The third-order valence-electron chi connectivity index (χ3n) is 1.49. The van der Waals surface area contributed by atoms with E-state index >= 15 is 0 Å². The third kappa shape index (κ3) is 1.16. The van der Waals surface area contributed by atoms with Crippen molar-refractivity contribution in [3.05, 3.63) is 11.8 Å². The summed E-state index contributed by atoms with van der Waals surface area (Å²) < 4.78 is 0. The number of carbonyl (C=O) groups excluding carboxylic acids is 1. The summed E-state index contributed by atoms with van der Waals surface area (Å²) in [6.07, 6.45) is 2.65. The summed E-state index contributed by atoms with van der Waals surface area (Å²) in [5, 5.41) is 8.44. The molecule has 1 heterocycles. The van der Waals surface area contributed by atoms with E-state index < -0.39 is 0 Å². The van der Waals surface area contributed by atoms with Gasteiger partial charge in [-0.1, -0.05) is 0 Å². The summed E-state index contributed by atoms with van der Waals surface area (Å²) in [7, 11) is 1.67. The van der Waals surface area contributed by atoms with E-state index in [-0.39, 0.29) is 5.91 Å². The Labute approximate surface area is 59.5 Å². The number of hydrogen-bond donors (Lipinski definition) is 0. The fraction of sp³-hybridized carbons (Fsp3) is 0.429. The van der Waals surface area contributed by atoms with Gasteiger partial charge in [0.2, 0.25) is 5.91 Å². The van der Waals surface area contributed by atoms with Gasteiger partial charge in [-0.2, -0.15) is 5.26 Å². The first-order chi connectivity index (χ1) is 4.74. The van der Waals surface area contributed by atoms with E-state index in [9.17, 15) is 4.79 Å². The highest BCUT2D eigenvalue weighted by atomic mass is 16.2. The highest BCUT2D eigenvalue weighted by molar-refractivity contribution is 5.78. The van der Waals surface area contributed by atoms with Gasteiger partial charge in [0.1, 0.15) is 0 Å². The standard InChI is InChI=1S/C7H8N2O/c1-9-5-6(4-8)2-3-7(9)10/h5H,2-3H2,1H3. The van der Waals surface area contributed by atoms with Crippen molar-refractivity contribution in [2.45, 2.75) is 12.8 Å². The largest absolute Gasteiger partial charge is 0.321 e. The van der Waals surface area contributed by atoms with Crippen LogP contribution in [-0.2, 0) is 4.79 Å². The Morgan fingerprint density at radius 2 is 2.40 bits per heavy atom. The first-order valence-electron chi connectivity index (χ1n) is 3.10. The van der Waals surface area contributed by atoms with Gasteiger partial charge >= 0.3 is 0 Å². The molecule has 3 nitrogen and oxygen atoms in total. The number of carbonyl (C=O) groups is 1. The van der Waals surface area contributed by atoms with Crippen LogP contribution in [-0.4, -0.2) is 17.9 Å². The zero-order valence-corrected chi connectivity index (χ0v) is 5.79. The van der Waals surface area contributed by atoms with E-state index in [0.717, 1.165) is 0 Å². The molecule has 0 aromatic heterocycles.